The first kappa shape index (κ1) is 21.4. The maximum Gasteiger partial charge on any atom is 0.261 e. The van der Waals surface area contributed by atoms with Crippen LogP contribution in [-0.2, 0) is 4.79 Å². The summed E-state index contributed by atoms with van der Waals surface area (Å²) in [7, 11) is 0. The number of amides is 3. The van der Waals surface area contributed by atoms with Gasteiger partial charge in [-0.05, 0) is 49.6 Å². The Balaban J connectivity index is 1.36. The van der Waals surface area contributed by atoms with Crippen LogP contribution >= 0.6 is 11.6 Å². The second kappa shape index (κ2) is 9.52. The molecule has 3 amide bonds. The smallest absolute Gasteiger partial charge is 0.261 e. The van der Waals surface area contributed by atoms with Gasteiger partial charge in [0.25, 0.3) is 11.8 Å². The number of hydrogen-bond acceptors (Lipinski definition) is 4. The number of anilines is 2. The van der Waals surface area contributed by atoms with Crippen molar-refractivity contribution < 1.29 is 14.4 Å². The molecule has 0 aliphatic carbocycles. The molecule has 0 spiro atoms. The molecule has 6 nitrogen and oxygen atoms in total. The fourth-order valence-electron chi connectivity index (χ4n) is 4.25. The first-order valence-corrected chi connectivity index (χ1v) is 11.2. The van der Waals surface area contributed by atoms with Gasteiger partial charge in [0.2, 0.25) is 5.91 Å². The minimum Gasteiger partial charge on any atom is -0.370 e. The Kier molecular flexibility index (Phi) is 6.56. The zero-order valence-electron chi connectivity index (χ0n) is 17.4. The van der Waals surface area contributed by atoms with Crippen LogP contribution < -0.4 is 10.2 Å². The molecule has 1 N–H and O–H groups in total. The number of imide groups is 1. The number of fused-ring (bicyclic) bond motifs is 1. The van der Waals surface area contributed by atoms with Gasteiger partial charge < -0.3 is 10.2 Å². The van der Waals surface area contributed by atoms with Crippen molar-refractivity contribution in [3.8, 4) is 0 Å². The zero-order valence-corrected chi connectivity index (χ0v) is 18.2. The van der Waals surface area contributed by atoms with Crippen LogP contribution in [0.15, 0.2) is 42.5 Å². The summed E-state index contributed by atoms with van der Waals surface area (Å²) in [5.74, 6) is -0.742. The number of nitrogens with zero attached hydrogens (tertiary/aromatic N) is 2. The van der Waals surface area contributed by atoms with Gasteiger partial charge in [-0.15, -0.1) is 0 Å². The highest BCUT2D eigenvalue weighted by molar-refractivity contribution is 6.31. The molecule has 7 heteroatoms. The molecule has 0 saturated carbocycles. The minimum absolute atomic E-state index is 0.157. The summed E-state index contributed by atoms with van der Waals surface area (Å²) in [6.07, 6.45) is 5.33. The third-order valence-corrected chi connectivity index (χ3v) is 6.08. The summed E-state index contributed by atoms with van der Waals surface area (Å²) in [6.45, 7) is 2.14. The first-order valence-electron chi connectivity index (χ1n) is 10.8. The van der Waals surface area contributed by atoms with Crippen molar-refractivity contribution in [2.45, 2.75) is 38.5 Å². The van der Waals surface area contributed by atoms with Gasteiger partial charge >= 0.3 is 0 Å². The second-order valence-corrected chi connectivity index (χ2v) is 8.46. The first-order chi connectivity index (χ1) is 15.0. The molecule has 2 aliphatic heterocycles. The lowest BCUT2D eigenvalue weighted by Crippen LogP contribution is -2.31. The van der Waals surface area contributed by atoms with E-state index in [0.29, 0.717) is 28.3 Å². The molecule has 1 fully saturated rings. The molecule has 162 valence electrons. The highest BCUT2D eigenvalue weighted by Crippen LogP contribution is 2.31. The normalized spacial score (nSPS) is 16.3. The second-order valence-electron chi connectivity index (χ2n) is 8.02. The third-order valence-electron chi connectivity index (χ3n) is 5.84. The van der Waals surface area contributed by atoms with Crippen LogP contribution in [0.2, 0.25) is 5.02 Å². The lowest BCUT2D eigenvalue weighted by Gasteiger charge is -2.25. The van der Waals surface area contributed by atoms with Crippen molar-refractivity contribution in [2.75, 3.05) is 29.9 Å². The molecule has 0 radical (unpaired) electrons. The average molecular weight is 440 g/mol. The van der Waals surface area contributed by atoms with Gasteiger partial charge in [-0.1, -0.05) is 36.6 Å². The summed E-state index contributed by atoms with van der Waals surface area (Å²) in [5.41, 5.74) is 2.55. The predicted octanol–water partition coefficient (Wildman–Crippen LogP) is 4.74. The van der Waals surface area contributed by atoms with Crippen molar-refractivity contribution in [1.82, 2.24) is 4.90 Å². The quantitative estimate of drug-likeness (QED) is 0.660. The molecular weight excluding hydrogens is 414 g/mol. The van der Waals surface area contributed by atoms with Gasteiger partial charge in [-0.2, -0.15) is 0 Å². The summed E-state index contributed by atoms with van der Waals surface area (Å²) >= 11 is 6.19. The Morgan fingerprint density at radius 2 is 1.58 bits per heavy atom. The fourth-order valence-corrected chi connectivity index (χ4v) is 4.42. The SMILES string of the molecule is O=C(CCCN1C(=O)c2ccccc2C1=O)Nc1cc(Cl)ccc1N1CCCCCC1. The maximum absolute atomic E-state index is 12.6. The highest BCUT2D eigenvalue weighted by Gasteiger charge is 2.34. The Morgan fingerprint density at radius 3 is 2.23 bits per heavy atom. The van der Waals surface area contributed by atoms with Gasteiger partial charge in [-0.3, -0.25) is 19.3 Å². The number of hydrogen-bond donors (Lipinski definition) is 1. The van der Waals surface area contributed by atoms with Crippen LogP contribution in [-0.4, -0.2) is 42.3 Å². The Morgan fingerprint density at radius 1 is 0.935 bits per heavy atom. The summed E-state index contributed by atoms with van der Waals surface area (Å²) in [5, 5.41) is 3.55. The molecule has 0 bridgehead atoms. The average Bonchev–Trinajstić information content (AvgIpc) is 2.95. The molecule has 0 aromatic heterocycles. The Labute approximate surface area is 187 Å². The molecule has 1 saturated heterocycles. The molecule has 2 aliphatic rings. The van der Waals surface area contributed by atoms with E-state index in [0.717, 1.165) is 31.6 Å². The molecule has 0 unspecified atom stereocenters. The Hall–Kier alpha value is -2.86. The Bertz CT molecular complexity index is 964. The molecular formula is C24H26ClN3O3. The summed E-state index contributed by atoms with van der Waals surface area (Å²) < 4.78 is 0. The molecule has 2 aromatic rings. The largest absolute Gasteiger partial charge is 0.370 e. The van der Waals surface area contributed by atoms with E-state index in [2.05, 4.69) is 10.2 Å². The third kappa shape index (κ3) is 4.74. The van der Waals surface area contributed by atoms with E-state index in [4.69, 9.17) is 11.6 Å². The van der Waals surface area contributed by atoms with Gasteiger partial charge in [0, 0.05) is 31.1 Å². The van der Waals surface area contributed by atoms with E-state index in [1.54, 1.807) is 30.3 Å². The summed E-state index contributed by atoms with van der Waals surface area (Å²) in [4.78, 5) is 41.0. The van der Waals surface area contributed by atoms with Crippen molar-refractivity contribution in [3.05, 3.63) is 58.6 Å². The maximum atomic E-state index is 12.6. The number of rotatable bonds is 6. The molecule has 31 heavy (non-hydrogen) atoms. The van der Waals surface area contributed by atoms with E-state index in [1.807, 2.05) is 12.1 Å². The number of nitrogens with one attached hydrogen (secondary N) is 1. The van der Waals surface area contributed by atoms with Crippen molar-refractivity contribution in [3.63, 3.8) is 0 Å². The predicted molar refractivity (Wildman–Crippen MR) is 122 cm³/mol. The van der Waals surface area contributed by atoms with E-state index >= 15 is 0 Å². The highest BCUT2D eigenvalue weighted by atomic mass is 35.5. The lowest BCUT2D eigenvalue weighted by molar-refractivity contribution is -0.116. The fraction of sp³-hybridized carbons (Fsp3) is 0.375. The van der Waals surface area contributed by atoms with Gasteiger partial charge in [0.15, 0.2) is 0 Å². The van der Waals surface area contributed by atoms with Crippen molar-refractivity contribution in [2.24, 2.45) is 0 Å². The van der Waals surface area contributed by atoms with E-state index in [1.165, 1.54) is 17.7 Å². The standard InChI is InChI=1S/C24H26ClN3O3/c25-17-11-12-21(27-13-5-1-2-6-14-27)20(16-17)26-22(29)10-7-15-28-23(30)18-8-3-4-9-19(18)24(28)31/h3-4,8-9,11-12,16H,1-2,5-7,10,13-15H2,(H,26,29). The van der Waals surface area contributed by atoms with E-state index in [-0.39, 0.29) is 30.7 Å². The lowest BCUT2D eigenvalue weighted by atomic mass is 10.1. The topological polar surface area (TPSA) is 69.7 Å². The number of halogens is 1. The molecule has 4 rings (SSSR count). The zero-order chi connectivity index (χ0) is 21.8. The summed E-state index contributed by atoms with van der Waals surface area (Å²) in [6, 6.07) is 12.4. The minimum atomic E-state index is -0.292. The van der Waals surface area contributed by atoms with Crippen LogP contribution in [0.4, 0.5) is 11.4 Å². The number of benzene rings is 2. The van der Waals surface area contributed by atoms with E-state index < -0.39 is 0 Å². The van der Waals surface area contributed by atoms with Crippen molar-refractivity contribution >= 4 is 40.7 Å². The van der Waals surface area contributed by atoms with Gasteiger partial charge in [0.05, 0.1) is 22.5 Å². The molecule has 0 atom stereocenters. The van der Waals surface area contributed by atoms with Gasteiger partial charge in [-0.25, -0.2) is 0 Å². The number of carbonyl (C=O) groups is 3. The van der Waals surface area contributed by atoms with E-state index in [9.17, 15) is 14.4 Å². The van der Waals surface area contributed by atoms with Crippen LogP contribution in [0.3, 0.4) is 0 Å². The van der Waals surface area contributed by atoms with Crippen LogP contribution in [0, 0.1) is 0 Å². The molecule has 2 heterocycles. The van der Waals surface area contributed by atoms with Gasteiger partial charge in [0.1, 0.15) is 0 Å². The van der Waals surface area contributed by atoms with Crippen LogP contribution in [0.1, 0.15) is 59.2 Å². The number of carbonyl (C=O) groups excluding carboxylic acids is 3. The van der Waals surface area contributed by atoms with Crippen molar-refractivity contribution in [1.29, 1.82) is 0 Å². The van der Waals surface area contributed by atoms with Crippen LogP contribution in [0.25, 0.3) is 0 Å². The monoisotopic (exact) mass is 439 g/mol. The molecule has 2 aromatic carbocycles. The van der Waals surface area contributed by atoms with Crippen LogP contribution in [0.5, 0.6) is 0 Å².